The van der Waals surface area contributed by atoms with Crippen molar-refractivity contribution in [2.45, 2.75) is 26.2 Å². The van der Waals surface area contributed by atoms with Crippen LogP contribution in [-0.4, -0.2) is 23.5 Å². The average Bonchev–Trinajstić information content (AvgIpc) is 2.73. The zero-order valence-corrected chi connectivity index (χ0v) is 11.7. The number of carboxylic acids is 1. The maximum absolute atomic E-state index is 11.7. The van der Waals surface area contributed by atoms with Gasteiger partial charge in [-0.05, 0) is 30.9 Å². The second-order valence-electron chi connectivity index (χ2n) is 4.19. The van der Waals surface area contributed by atoms with E-state index >= 15 is 0 Å². The number of rotatable bonds is 7. The lowest BCUT2D eigenvalue weighted by atomic mass is 10.0. The molecule has 0 aliphatic carbocycles. The molecule has 0 saturated heterocycles. The summed E-state index contributed by atoms with van der Waals surface area (Å²) < 4.78 is 0.593. The number of carboxylic acid groups (broad SMARTS) is 1. The lowest BCUT2D eigenvalue weighted by molar-refractivity contribution is -0.137. The molecule has 6 heteroatoms. The largest absolute Gasteiger partial charge is 0.481 e. The fourth-order valence-corrected chi connectivity index (χ4v) is 2.43. The summed E-state index contributed by atoms with van der Waals surface area (Å²) in [6.45, 7) is 2.53. The van der Waals surface area contributed by atoms with Crippen molar-refractivity contribution in [1.82, 2.24) is 5.32 Å². The van der Waals surface area contributed by atoms with E-state index in [0.29, 0.717) is 22.2 Å². The summed E-state index contributed by atoms with van der Waals surface area (Å²) in [5, 5.41) is 11.3. The van der Waals surface area contributed by atoms with Crippen LogP contribution in [0.25, 0.3) is 0 Å². The molecule has 1 unspecified atom stereocenters. The first-order chi connectivity index (χ1) is 8.49. The maximum atomic E-state index is 11.7. The molecule has 1 rings (SSSR count). The molecule has 1 heterocycles. The number of nitrogens with one attached hydrogen (secondary N) is 1. The van der Waals surface area contributed by atoms with Crippen LogP contribution in [0.2, 0.25) is 4.34 Å². The SMILES string of the molecule is CC(CCNC(=O)c1ccc(Cl)s1)CCC(=O)O. The number of hydrogen-bond acceptors (Lipinski definition) is 3. The van der Waals surface area contributed by atoms with Crippen LogP contribution in [0.4, 0.5) is 0 Å². The summed E-state index contributed by atoms with van der Waals surface area (Å²) in [7, 11) is 0. The zero-order chi connectivity index (χ0) is 13.5. The van der Waals surface area contributed by atoms with Crippen LogP contribution in [0.3, 0.4) is 0 Å². The van der Waals surface area contributed by atoms with Crippen molar-refractivity contribution in [3.63, 3.8) is 0 Å². The van der Waals surface area contributed by atoms with Gasteiger partial charge in [0.05, 0.1) is 9.21 Å². The fraction of sp³-hybridized carbons (Fsp3) is 0.500. The number of aliphatic carboxylic acids is 1. The van der Waals surface area contributed by atoms with Crippen molar-refractivity contribution < 1.29 is 14.7 Å². The van der Waals surface area contributed by atoms with Gasteiger partial charge in [-0.25, -0.2) is 0 Å². The highest BCUT2D eigenvalue weighted by Gasteiger charge is 2.09. The van der Waals surface area contributed by atoms with E-state index in [-0.39, 0.29) is 18.2 Å². The van der Waals surface area contributed by atoms with Crippen molar-refractivity contribution in [3.05, 3.63) is 21.3 Å². The monoisotopic (exact) mass is 289 g/mol. The molecule has 0 aromatic carbocycles. The first-order valence-electron chi connectivity index (χ1n) is 5.74. The standard InChI is InChI=1S/C12H16ClNO3S/c1-8(2-5-11(15)16)6-7-14-12(17)9-3-4-10(13)18-9/h3-4,8H,2,5-7H2,1H3,(H,14,17)(H,15,16). The molecule has 0 bridgehead atoms. The molecule has 1 atom stereocenters. The Labute approximate surface area is 115 Å². The van der Waals surface area contributed by atoms with Gasteiger partial charge in [0.25, 0.3) is 5.91 Å². The molecule has 1 aromatic rings. The van der Waals surface area contributed by atoms with E-state index in [2.05, 4.69) is 5.32 Å². The third kappa shape index (κ3) is 5.51. The van der Waals surface area contributed by atoms with Gasteiger partial charge >= 0.3 is 5.97 Å². The Balaban J connectivity index is 2.21. The van der Waals surface area contributed by atoms with Gasteiger partial charge < -0.3 is 10.4 Å². The van der Waals surface area contributed by atoms with Crippen LogP contribution < -0.4 is 5.32 Å². The van der Waals surface area contributed by atoms with Gasteiger partial charge in [-0.3, -0.25) is 9.59 Å². The quantitative estimate of drug-likeness (QED) is 0.811. The lowest BCUT2D eigenvalue weighted by Crippen LogP contribution is -2.24. The fourth-order valence-electron chi connectivity index (χ4n) is 1.47. The first kappa shape index (κ1) is 15.0. The summed E-state index contributed by atoms with van der Waals surface area (Å²) in [5.41, 5.74) is 0. The second kappa shape index (κ2) is 7.38. The molecule has 0 spiro atoms. The van der Waals surface area contributed by atoms with Crippen molar-refractivity contribution >= 4 is 34.8 Å². The van der Waals surface area contributed by atoms with Crippen LogP contribution in [0, 0.1) is 5.92 Å². The Bertz CT molecular complexity index is 419. The van der Waals surface area contributed by atoms with Gasteiger partial charge in [0.2, 0.25) is 0 Å². The van der Waals surface area contributed by atoms with Crippen molar-refractivity contribution in [2.75, 3.05) is 6.54 Å². The van der Waals surface area contributed by atoms with E-state index in [0.717, 1.165) is 6.42 Å². The molecule has 2 N–H and O–H groups in total. The minimum Gasteiger partial charge on any atom is -0.481 e. The molecule has 4 nitrogen and oxygen atoms in total. The summed E-state index contributed by atoms with van der Waals surface area (Å²) in [5.74, 6) is -0.621. The summed E-state index contributed by atoms with van der Waals surface area (Å²) >= 11 is 6.99. The van der Waals surface area contributed by atoms with E-state index in [1.807, 2.05) is 6.92 Å². The molecule has 1 aromatic heterocycles. The Morgan fingerprint density at radius 3 is 2.72 bits per heavy atom. The average molecular weight is 290 g/mol. The molecular formula is C12H16ClNO3S. The number of carbonyl (C=O) groups is 2. The second-order valence-corrected chi connectivity index (χ2v) is 5.90. The smallest absolute Gasteiger partial charge is 0.303 e. The van der Waals surface area contributed by atoms with E-state index in [1.165, 1.54) is 11.3 Å². The van der Waals surface area contributed by atoms with Crippen LogP contribution in [0.15, 0.2) is 12.1 Å². The first-order valence-corrected chi connectivity index (χ1v) is 6.94. The topological polar surface area (TPSA) is 66.4 Å². The predicted molar refractivity (Wildman–Crippen MR) is 72.3 cm³/mol. The van der Waals surface area contributed by atoms with E-state index in [4.69, 9.17) is 16.7 Å². The Morgan fingerprint density at radius 1 is 1.44 bits per heavy atom. The zero-order valence-electron chi connectivity index (χ0n) is 10.1. The number of thiophene rings is 1. The van der Waals surface area contributed by atoms with Gasteiger partial charge in [0.15, 0.2) is 0 Å². The Hall–Kier alpha value is -1.07. The van der Waals surface area contributed by atoms with Gasteiger partial charge in [0, 0.05) is 13.0 Å². The number of halogens is 1. The molecule has 0 fully saturated rings. The van der Waals surface area contributed by atoms with Crippen LogP contribution in [0.1, 0.15) is 35.9 Å². The van der Waals surface area contributed by atoms with Crippen molar-refractivity contribution in [3.8, 4) is 0 Å². The van der Waals surface area contributed by atoms with E-state index < -0.39 is 5.97 Å². The number of amides is 1. The maximum Gasteiger partial charge on any atom is 0.303 e. The van der Waals surface area contributed by atoms with Gasteiger partial charge in [-0.2, -0.15) is 0 Å². The normalized spacial score (nSPS) is 12.1. The highest BCUT2D eigenvalue weighted by molar-refractivity contribution is 7.17. The van der Waals surface area contributed by atoms with Crippen LogP contribution >= 0.6 is 22.9 Å². The highest BCUT2D eigenvalue weighted by atomic mass is 35.5. The van der Waals surface area contributed by atoms with Crippen molar-refractivity contribution in [2.24, 2.45) is 5.92 Å². The van der Waals surface area contributed by atoms with E-state index in [1.54, 1.807) is 12.1 Å². The Kier molecular flexibility index (Phi) is 6.15. The third-order valence-corrected chi connectivity index (χ3v) is 3.80. The lowest BCUT2D eigenvalue weighted by Gasteiger charge is -2.10. The number of hydrogen-bond donors (Lipinski definition) is 2. The summed E-state index contributed by atoms with van der Waals surface area (Å²) in [6.07, 6.45) is 1.59. The molecule has 0 aliphatic heterocycles. The molecular weight excluding hydrogens is 274 g/mol. The molecule has 18 heavy (non-hydrogen) atoms. The summed E-state index contributed by atoms with van der Waals surface area (Å²) in [4.78, 5) is 22.6. The Morgan fingerprint density at radius 2 is 2.17 bits per heavy atom. The van der Waals surface area contributed by atoms with Gasteiger partial charge in [0.1, 0.15) is 0 Å². The van der Waals surface area contributed by atoms with Crippen LogP contribution in [-0.2, 0) is 4.79 Å². The van der Waals surface area contributed by atoms with E-state index in [9.17, 15) is 9.59 Å². The number of carbonyl (C=O) groups excluding carboxylic acids is 1. The van der Waals surface area contributed by atoms with Crippen molar-refractivity contribution in [1.29, 1.82) is 0 Å². The van der Waals surface area contributed by atoms with Gasteiger partial charge in [-0.15, -0.1) is 11.3 Å². The third-order valence-electron chi connectivity index (χ3n) is 2.57. The van der Waals surface area contributed by atoms with Crippen LogP contribution in [0.5, 0.6) is 0 Å². The minimum atomic E-state index is -0.779. The molecule has 0 radical (unpaired) electrons. The molecule has 1 amide bonds. The van der Waals surface area contributed by atoms with Gasteiger partial charge in [-0.1, -0.05) is 18.5 Å². The predicted octanol–water partition coefficient (Wildman–Crippen LogP) is 3.02. The molecule has 0 aliphatic rings. The minimum absolute atomic E-state index is 0.127. The molecule has 100 valence electrons. The highest BCUT2D eigenvalue weighted by Crippen LogP contribution is 2.21. The molecule has 0 saturated carbocycles. The summed E-state index contributed by atoms with van der Waals surface area (Å²) in [6, 6.07) is 3.38.